The van der Waals surface area contributed by atoms with Gasteiger partial charge >= 0.3 is 154 Å². The van der Waals surface area contributed by atoms with Gasteiger partial charge in [-0.25, -0.2) is 0 Å². The second-order valence-corrected chi connectivity index (χ2v) is 11.0. The number of hydrogen-bond acceptors (Lipinski definition) is 0. The van der Waals surface area contributed by atoms with Gasteiger partial charge in [0, 0.05) is 0 Å². The Bertz CT molecular complexity index is 630. The van der Waals surface area contributed by atoms with Crippen molar-refractivity contribution in [2.75, 3.05) is 0 Å². The maximum atomic E-state index is 2.90. The van der Waals surface area contributed by atoms with Crippen LogP contribution >= 0.6 is 0 Å². The van der Waals surface area contributed by atoms with Crippen LogP contribution in [0.4, 0.5) is 0 Å². The molecule has 0 saturated heterocycles. The van der Waals surface area contributed by atoms with Crippen LogP contribution < -0.4 is 11.0 Å². The predicted octanol–water partition coefficient (Wildman–Crippen LogP) is 2.44. The van der Waals surface area contributed by atoms with E-state index >= 15 is 0 Å². The second kappa shape index (κ2) is 9.26. The van der Waals surface area contributed by atoms with Gasteiger partial charge in [-0.1, -0.05) is 0 Å². The summed E-state index contributed by atoms with van der Waals surface area (Å²) in [6.07, 6.45) is 0. The van der Waals surface area contributed by atoms with Crippen molar-refractivity contribution in [2.24, 2.45) is 0 Å². The normalized spacial score (nSPS) is 9.73. The summed E-state index contributed by atoms with van der Waals surface area (Å²) in [5.74, 6) is 0. The molecular formula is C20H19BiSe. The quantitative estimate of drug-likeness (QED) is 0.433. The molecule has 0 saturated carbocycles. The number of rotatable bonds is 2. The van der Waals surface area contributed by atoms with E-state index in [9.17, 15) is 0 Å². The van der Waals surface area contributed by atoms with Crippen molar-refractivity contribution < 1.29 is 0 Å². The van der Waals surface area contributed by atoms with Gasteiger partial charge in [0.2, 0.25) is 0 Å². The summed E-state index contributed by atoms with van der Waals surface area (Å²) in [7, 11) is 0. The van der Waals surface area contributed by atoms with Gasteiger partial charge in [-0.05, 0) is 0 Å². The molecule has 0 aliphatic rings. The summed E-state index contributed by atoms with van der Waals surface area (Å²) in [5.41, 5.74) is 2.70. The molecule has 0 bridgehead atoms. The molecule has 0 atom stereocenters. The van der Waals surface area contributed by atoms with Crippen LogP contribution in [0.5, 0.6) is 0 Å². The van der Waals surface area contributed by atoms with Gasteiger partial charge in [-0.15, -0.1) is 0 Å². The van der Waals surface area contributed by atoms with Crippen molar-refractivity contribution >= 4 is 50.3 Å². The molecule has 0 fully saturated rings. The molecule has 0 N–H and O–H groups in total. The first-order valence-electron chi connectivity index (χ1n) is 7.20. The Labute approximate surface area is 153 Å². The molecular weight excluding hydrogens is 528 g/mol. The summed E-state index contributed by atoms with van der Waals surface area (Å²) in [5, 5.41) is 0. The third-order valence-electron chi connectivity index (χ3n) is 3.07. The van der Waals surface area contributed by atoms with Gasteiger partial charge in [0.1, 0.15) is 0 Å². The molecule has 0 nitrogen and oxygen atoms in total. The van der Waals surface area contributed by atoms with E-state index in [1.54, 1.807) is 6.54 Å². The fourth-order valence-electron chi connectivity index (χ4n) is 1.81. The van der Waals surface area contributed by atoms with Gasteiger partial charge < -0.3 is 0 Å². The van der Waals surface area contributed by atoms with E-state index in [-0.39, 0.29) is 0 Å². The molecule has 0 amide bonds. The first kappa shape index (κ1) is 17.4. The average molecular weight is 547 g/mol. The molecule has 0 aromatic heterocycles. The van der Waals surface area contributed by atoms with Crippen molar-refractivity contribution in [3.63, 3.8) is 0 Å². The zero-order valence-electron chi connectivity index (χ0n) is 12.9. The standard InChI is InChI=1S/2C7H7.C6H5Se.Bi/c2*1-7-5-3-2-4-6-7;7-6-4-2-1-3-5-6;/h2*3-6H,1H3;1-5H;. The Morgan fingerprint density at radius 2 is 1.00 bits per heavy atom. The fraction of sp³-hybridized carbons (Fsp3) is 0.100. The number of aryl methyl sites for hydroxylation is 2. The van der Waals surface area contributed by atoms with E-state index in [1.165, 1.54) is 15.6 Å². The minimum absolute atomic E-state index is 0.654. The van der Waals surface area contributed by atoms with E-state index < -0.39 is 23.2 Å². The van der Waals surface area contributed by atoms with Gasteiger partial charge in [0.15, 0.2) is 0 Å². The minimum atomic E-state index is -0.654. The third-order valence-corrected chi connectivity index (χ3v) is 7.97. The SMILES string of the molecule is Cc1cc[c]([Bi][c]2ccc(C)cc2)cc1.[Se]c1ccccc1. The molecule has 0 unspecified atom stereocenters. The average Bonchev–Trinajstić information content (AvgIpc) is 2.53. The molecule has 0 spiro atoms. The molecule has 3 rings (SSSR count). The van der Waals surface area contributed by atoms with Gasteiger partial charge in [-0.3, -0.25) is 0 Å². The molecule has 0 aliphatic carbocycles. The van der Waals surface area contributed by atoms with E-state index in [2.05, 4.69) is 78.4 Å². The summed E-state index contributed by atoms with van der Waals surface area (Å²) in [4.78, 5) is 0. The van der Waals surface area contributed by atoms with Crippen LogP contribution in [-0.2, 0) is 0 Å². The molecule has 110 valence electrons. The van der Waals surface area contributed by atoms with Crippen molar-refractivity contribution in [3.05, 3.63) is 90.0 Å². The monoisotopic (exact) mass is 548 g/mol. The second-order valence-electron chi connectivity index (χ2n) is 5.10. The van der Waals surface area contributed by atoms with Crippen LogP contribution in [0, 0.1) is 13.8 Å². The Morgan fingerprint density at radius 1 is 0.591 bits per heavy atom. The maximum absolute atomic E-state index is 2.90. The first-order chi connectivity index (χ1) is 10.6. The van der Waals surface area contributed by atoms with Crippen molar-refractivity contribution in [1.29, 1.82) is 0 Å². The molecule has 0 heterocycles. The number of hydrogen-bond donors (Lipinski definition) is 0. The van der Waals surface area contributed by atoms with Gasteiger partial charge in [0.25, 0.3) is 0 Å². The van der Waals surface area contributed by atoms with E-state index in [1.807, 2.05) is 30.3 Å². The van der Waals surface area contributed by atoms with E-state index in [0.29, 0.717) is 0 Å². The van der Waals surface area contributed by atoms with Crippen LogP contribution in [0.2, 0.25) is 0 Å². The van der Waals surface area contributed by atoms with Crippen LogP contribution in [0.25, 0.3) is 0 Å². The van der Waals surface area contributed by atoms with Crippen LogP contribution in [0.15, 0.2) is 78.9 Å². The van der Waals surface area contributed by atoms with Crippen LogP contribution in [0.3, 0.4) is 0 Å². The Balaban J connectivity index is 0.000000211. The Hall–Kier alpha value is -0.937. The summed E-state index contributed by atoms with van der Waals surface area (Å²) < 4.78 is 4.32. The van der Waals surface area contributed by atoms with Gasteiger partial charge in [0.05, 0.1) is 0 Å². The summed E-state index contributed by atoms with van der Waals surface area (Å²) in [6.45, 7) is 4.28. The molecule has 0 aliphatic heterocycles. The van der Waals surface area contributed by atoms with Crippen molar-refractivity contribution in [3.8, 4) is 0 Å². The first-order valence-corrected chi connectivity index (χ1v) is 11.5. The zero-order chi connectivity index (χ0) is 15.8. The van der Waals surface area contributed by atoms with Gasteiger partial charge in [-0.2, -0.15) is 0 Å². The molecule has 3 aromatic rings. The third kappa shape index (κ3) is 6.45. The Kier molecular flexibility index (Phi) is 7.33. The fourth-order valence-corrected chi connectivity index (χ4v) is 5.61. The zero-order valence-corrected chi connectivity index (χ0v) is 18.1. The topological polar surface area (TPSA) is 0 Å². The summed E-state index contributed by atoms with van der Waals surface area (Å²) in [6, 6.07) is 28.1. The van der Waals surface area contributed by atoms with Crippen LogP contribution in [0.1, 0.15) is 11.1 Å². The molecule has 22 heavy (non-hydrogen) atoms. The summed E-state index contributed by atoms with van der Waals surface area (Å²) >= 11 is 2.25. The predicted molar refractivity (Wildman–Crippen MR) is 99.2 cm³/mol. The molecule has 2 heteroatoms. The molecule has 2 radical (unpaired) electrons. The van der Waals surface area contributed by atoms with Crippen LogP contribution in [-0.4, -0.2) is 39.2 Å². The molecule has 3 aromatic carbocycles. The van der Waals surface area contributed by atoms with E-state index in [0.717, 1.165) is 0 Å². The Morgan fingerprint density at radius 3 is 1.32 bits per heavy atom. The van der Waals surface area contributed by atoms with E-state index in [4.69, 9.17) is 0 Å². The number of benzene rings is 3. The van der Waals surface area contributed by atoms with Crippen molar-refractivity contribution in [2.45, 2.75) is 13.8 Å². The van der Waals surface area contributed by atoms with Crippen molar-refractivity contribution in [1.82, 2.24) is 0 Å².